The number of hydrogen-bond donors (Lipinski definition) is 11. The Kier molecular flexibility index (Phi) is 25.0. The number of nitrogens with one attached hydrogen (secondary N) is 5. The molecule has 1 fully saturated rings. The van der Waals surface area contributed by atoms with Crippen molar-refractivity contribution in [3.8, 4) is 5.75 Å². The molecule has 0 unspecified atom stereocenters. The maximum absolute atomic E-state index is 14.2. The molecule has 1 heterocycles. The Bertz CT molecular complexity index is 1740. The summed E-state index contributed by atoms with van der Waals surface area (Å²) in [6.45, 7) is 12.8. The highest BCUT2D eigenvalue weighted by atomic mass is 32.2. The lowest BCUT2D eigenvalue weighted by Gasteiger charge is -2.31. The van der Waals surface area contributed by atoms with E-state index < -0.39 is 78.4 Å². The maximum atomic E-state index is 14.2. The minimum atomic E-state index is -1.30. The first-order chi connectivity index (χ1) is 29.9. The van der Waals surface area contributed by atoms with E-state index in [1.807, 2.05) is 34.6 Å². The number of aliphatic imine (C=N–C) groups is 1. The fraction of sp³-hybridized carbons (Fsp3) is 0.643. The van der Waals surface area contributed by atoms with Gasteiger partial charge in [0.25, 0.3) is 0 Å². The molecule has 6 amide bonds. The molecule has 360 valence electrons. The van der Waals surface area contributed by atoms with Gasteiger partial charge in [-0.15, -0.1) is 0 Å². The van der Waals surface area contributed by atoms with Gasteiger partial charge in [0.15, 0.2) is 5.96 Å². The zero-order chi connectivity index (χ0) is 48.7. The molecule has 0 spiro atoms. The Morgan fingerprint density at radius 2 is 1.45 bits per heavy atom. The van der Waals surface area contributed by atoms with E-state index in [2.05, 4.69) is 31.6 Å². The van der Waals surface area contributed by atoms with Gasteiger partial charge in [0.2, 0.25) is 35.4 Å². The second kappa shape index (κ2) is 28.3. The Labute approximate surface area is 379 Å². The average Bonchev–Trinajstić information content (AvgIpc) is 3.69. The van der Waals surface area contributed by atoms with Crippen LogP contribution in [0.4, 0.5) is 0 Å². The molecule has 0 radical (unpaired) electrons. The summed E-state index contributed by atoms with van der Waals surface area (Å²) in [5.41, 5.74) is 17.3. The molecule has 0 aliphatic carbocycles. The number of carboxylic acid groups (broad SMARTS) is 1. The number of phenolic OH excluding ortho intramolecular Hbond substituents is 1. The van der Waals surface area contributed by atoms with E-state index in [0.717, 1.165) is 0 Å². The normalized spacial score (nSPS) is 15.8. The number of benzene rings is 1. The number of carbonyl (C=O) groups is 8. The molecule has 1 saturated heterocycles. The van der Waals surface area contributed by atoms with E-state index in [9.17, 15) is 48.6 Å². The van der Waals surface area contributed by atoms with Crippen LogP contribution in [0.5, 0.6) is 5.75 Å². The molecule has 64 heavy (non-hydrogen) atoms. The highest BCUT2D eigenvalue weighted by Crippen LogP contribution is 2.25. The summed E-state index contributed by atoms with van der Waals surface area (Å²) in [4.78, 5) is 107. The molecule has 0 aromatic heterocycles. The van der Waals surface area contributed by atoms with Crippen LogP contribution in [0.2, 0.25) is 0 Å². The predicted molar refractivity (Wildman–Crippen MR) is 243 cm³/mol. The lowest BCUT2D eigenvalue weighted by molar-refractivity contribution is -0.142. The summed E-state index contributed by atoms with van der Waals surface area (Å²) in [5.74, 6) is -5.01. The van der Waals surface area contributed by atoms with Gasteiger partial charge in [-0.05, 0) is 69.6 Å². The van der Waals surface area contributed by atoms with Gasteiger partial charge in [0.1, 0.15) is 54.2 Å². The van der Waals surface area contributed by atoms with Crippen molar-refractivity contribution in [1.29, 1.82) is 0 Å². The Hall–Kier alpha value is -5.48. The van der Waals surface area contributed by atoms with Crippen molar-refractivity contribution >= 4 is 64.9 Å². The molecule has 14 N–H and O–H groups in total. The summed E-state index contributed by atoms with van der Waals surface area (Å²) < 4.78 is -0.325. The maximum Gasteiger partial charge on any atom is 0.310 e. The fourth-order valence-corrected chi connectivity index (χ4v) is 7.15. The van der Waals surface area contributed by atoms with Crippen molar-refractivity contribution < 1.29 is 53.7 Å². The molecule has 6 atom stereocenters. The molecule has 0 saturated carbocycles. The van der Waals surface area contributed by atoms with Crippen LogP contribution in [-0.4, -0.2) is 146 Å². The number of guanidine groups is 1. The largest absolute Gasteiger partial charge is 0.508 e. The highest BCUT2D eigenvalue weighted by molar-refractivity contribution is 8.00. The topological polar surface area (TPSA) is 351 Å². The van der Waals surface area contributed by atoms with Crippen molar-refractivity contribution in [3.63, 3.8) is 0 Å². The number of hydrogen-bond acceptors (Lipinski definition) is 13. The van der Waals surface area contributed by atoms with Gasteiger partial charge in [-0.25, -0.2) is 0 Å². The number of thioether (sulfide) groups is 1. The summed E-state index contributed by atoms with van der Waals surface area (Å²) in [7, 11) is 0. The average molecular weight is 923 g/mol. The smallest absolute Gasteiger partial charge is 0.310 e. The first kappa shape index (κ1) is 56.5. The standard InChI is InChI=1S/C38H64N10O8S.C4H6O3/c1-7-42-35(55)30-11-9-17-48(30)36(56)26(10-8-16-43-37(40)41)44-34(54)29(21-57-38(4,5)6)47-32(52)27(18-22(2)3)46-33(53)28(45-31(51)25(39)20-49)19-23-12-14-24(50)15-13-23;1-3(5)2-4(6)7/h12-15,22,25-30,49-50H,7-11,16-21,39H2,1-6H3,(H,42,55)(H,44,54)(H,45,51)(H,46,53)(H,47,52)(H4,40,41,43);2H2,1H3,(H,6,7)/t25-,26-,27+,28-,29-,30-;/m0./s1. The number of carboxylic acids is 1. The zero-order valence-electron chi connectivity index (χ0n) is 38.0. The van der Waals surface area contributed by atoms with Gasteiger partial charge in [-0.2, -0.15) is 11.8 Å². The van der Waals surface area contributed by atoms with E-state index in [0.29, 0.717) is 37.9 Å². The number of aliphatic hydroxyl groups is 1. The third-order valence-corrected chi connectivity index (χ3v) is 10.7. The molecule has 22 heteroatoms. The summed E-state index contributed by atoms with van der Waals surface area (Å²) in [6, 6.07) is -0.599. The van der Waals surface area contributed by atoms with E-state index in [4.69, 9.17) is 22.3 Å². The van der Waals surface area contributed by atoms with Crippen LogP contribution < -0.4 is 43.8 Å². The van der Waals surface area contributed by atoms with E-state index in [1.165, 1.54) is 35.7 Å². The molecular formula is C42H70N10O11S. The third-order valence-electron chi connectivity index (χ3n) is 9.35. The minimum Gasteiger partial charge on any atom is -0.508 e. The van der Waals surface area contributed by atoms with Gasteiger partial charge in [0.05, 0.1) is 6.61 Å². The fourth-order valence-electron chi connectivity index (χ4n) is 6.24. The Morgan fingerprint density at radius 1 is 0.891 bits per heavy atom. The SMILES string of the molecule is CC(=O)CC(=O)O.CCNC(=O)[C@@H]1CCCN1C(=O)[C@H](CCCN=C(N)N)NC(=O)[C@H](CSC(C)(C)C)NC(=O)[C@@H](CC(C)C)NC(=O)[C@H](Cc1ccc(O)cc1)NC(=O)[C@@H](N)CO. The number of Topliss-reactive ketones (excluding diaryl/α,β-unsaturated/α-hetero) is 1. The molecule has 2 rings (SSSR count). The van der Waals surface area contributed by atoms with E-state index in [-0.39, 0.29) is 72.0 Å². The van der Waals surface area contributed by atoms with Crippen LogP contribution in [-0.2, 0) is 44.8 Å². The van der Waals surface area contributed by atoms with Gasteiger partial charge >= 0.3 is 5.97 Å². The number of aliphatic carboxylic acids is 1. The molecular weight excluding hydrogens is 853 g/mol. The number of carbonyl (C=O) groups excluding carboxylic acids is 7. The number of ketones is 1. The summed E-state index contributed by atoms with van der Waals surface area (Å²) in [6.07, 6.45) is 1.33. The number of aromatic hydroxyl groups is 1. The number of nitrogens with two attached hydrogens (primary N) is 3. The number of nitrogens with zero attached hydrogens (tertiary/aromatic N) is 2. The van der Waals surface area contributed by atoms with E-state index in [1.54, 1.807) is 19.1 Å². The second-order valence-corrected chi connectivity index (χ2v) is 18.6. The molecule has 0 bridgehead atoms. The number of phenols is 1. The van der Waals surface area contributed by atoms with Crippen LogP contribution in [0.1, 0.15) is 92.6 Å². The number of amides is 6. The second-order valence-electron chi connectivity index (χ2n) is 16.8. The zero-order valence-corrected chi connectivity index (χ0v) is 38.8. The van der Waals surface area contributed by atoms with Gasteiger partial charge < -0.3 is 64.0 Å². The number of aliphatic hydroxyl groups excluding tert-OH is 1. The molecule has 1 aliphatic heterocycles. The molecule has 1 aromatic rings. The number of likely N-dealkylation sites (tertiary alicyclic amines) is 1. The van der Waals surface area contributed by atoms with Crippen molar-refractivity contribution in [1.82, 2.24) is 31.5 Å². The van der Waals surface area contributed by atoms with Crippen molar-refractivity contribution in [3.05, 3.63) is 29.8 Å². The van der Waals surface area contributed by atoms with Crippen LogP contribution >= 0.6 is 11.8 Å². The first-order valence-electron chi connectivity index (χ1n) is 21.2. The van der Waals surface area contributed by atoms with Crippen molar-refractivity contribution in [2.24, 2.45) is 28.1 Å². The predicted octanol–water partition coefficient (Wildman–Crippen LogP) is -0.998. The van der Waals surface area contributed by atoms with Crippen LogP contribution in [0.25, 0.3) is 0 Å². The summed E-state index contributed by atoms with van der Waals surface area (Å²) in [5, 5.41) is 40.7. The van der Waals surface area contributed by atoms with Gasteiger partial charge in [0, 0.05) is 36.6 Å². The Morgan fingerprint density at radius 3 is 1.97 bits per heavy atom. The lowest BCUT2D eigenvalue weighted by atomic mass is 10.0. The molecule has 1 aliphatic rings. The monoisotopic (exact) mass is 922 g/mol. The van der Waals surface area contributed by atoms with Crippen molar-refractivity contribution in [2.75, 3.05) is 32.0 Å². The summed E-state index contributed by atoms with van der Waals surface area (Å²) >= 11 is 1.41. The van der Waals surface area contributed by atoms with Crippen molar-refractivity contribution in [2.45, 2.75) is 134 Å². The minimum absolute atomic E-state index is 0.00391. The first-order valence-corrected chi connectivity index (χ1v) is 22.2. The van der Waals surface area contributed by atoms with Crippen LogP contribution in [0.3, 0.4) is 0 Å². The molecule has 1 aromatic carbocycles. The Balaban J connectivity index is 0.00000269. The number of rotatable bonds is 24. The lowest BCUT2D eigenvalue weighted by Crippen LogP contribution is -2.60. The third kappa shape index (κ3) is 22.2. The van der Waals surface area contributed by atoms with Gasteiger partial charge in [-0.3, -0.25) is 43.3 Å². The van der Waals surface area contributed by atoms with Gasteiger partial charge in [-0.1, -0.05) is 46.8 Å². The molecule has 21 nitrogen and oxygen atoms in total. The highest BCUT2D eigenvalue weighted by Gasteiger charge is 2.39. The van der Waals surface area contributed by atoms with E-state index >= 15 is 0 Å². The van der Waals surface area contributed by atoms with Crippen LogP contribution in [0.15, 0.2) is 29.3 Å². The quantitative estimate of drug-likeness (QED) is 0.0257. The van der Waals surface area contributed by atoms with Crippen LogP contribution in [0, 0.1) is 5.92 Å². The number of likely N-dealkylation sites (N-methyl/N-ethyl adjacent to an activating group) is 1.